The van der Waals surface area contributed by atoms with Crippen molar-refractivity contribution in [3.05, 3.63) is 11.6 Å². The number of ketones is 2. The fraction of sp³-hybridized carbons (Fsp3) is 0.810. The van der Waals surface area contributed by atoms with Gasteiger partial charge in [0.05, 0.1) is 11.5 Å². The van der Waals surface area contributed by atoms with Gasteiger partial charge in [0.25, 0.3) is 0 Å². The maximum absolute atomic E-state index is 13.2. The number of carbonyl (C=O) groups is 2. The van der Waals surface area contributed by atoms with Gasteiger partial charge in [-0.3, -0.25) is 9.59 Å². The van der Waals surface area contributed by atoms with E-state index in [1.54, 1.807) is 6.92 Å². The second-order valence-electron chi connectivity index (χ2n) is 9.32. The summed E-state index contributed by atoms with van der Waals surface area (Å²) in [5, 5.41) is 10.1. The Labute approximate surface area is 144 Å². The number of Topliss-reactive ketones (excluding diaryl/α,β-unsaturated/α-hetero) is 2. The minimum absolute atomic E-state index is 0.0764. The van der Waals surface area contributed by atoms with Crippen molar-refractivity contribution in [1.82, 2.24) is 0 Å². The average molecular weight is 330 g/mol. The van der Waals surface area contributed by atoms with Crippen molar-refractivity contribution in [3.63, 3.8) is 0 Å². The Morgan fingerprint density at radius 3 is 2.67 bits per heavy atom. The van der Waals surface area contributed by atoms with Crippen molar-refractivity contribution in [3.8, 4) is 0 Å². The highest BCUT2D eigenvalue weighted by molar-refractivity contribution is 6.04. The number of rotatable bonds is 1. The second kappa shape index (κ2) is 5.27. The molecule has 0 spiro atoms. The molecule has 4 aliphatic rings. The number of fused-ring (bicyclic) bond motifs is 5. The lowest BCUT2D eigenvalue weighted by Gasteiger charge is -2.60. The molecule has 0 amide bonds. The fourth-order valence-corrected chi connectivity index (χ4v) is 7.06. The van der Waals surface area contributed by atoms with E-state index in [9.17, 15) is 14.7 Å². The third-order valence-corrected chi connectivity index (χ3v) is 8.48. The molecule has 3 heteroatoms. The molecule has 0 bridgehead atoms. The van der Waals surface area contributed by atoms with Gasteiger partial charge in [-0.2, -0.15) is 0 Å². The van der Waals surface area contributed by atoms with Crippen LogP contribution in [-0.4, -0.2) is 22.8 Å². The van der Waals surface area contributed by atoms with E-state index in [1.165, 1.54) is 6.42 Å². The van der Waals surface area contributed by atoms with Gasteiger partial charge < -0.3 is 5.11 Å². The summed E-state index contributed by atoms with van der Waals surface area (Å²) in [4.78, 5) is 25.3. The van der Waals surface area contributed by atoms with Gasteiger partial charge in [0.15, 0.2) is 5.78 Å². The topological polar surface area (TPSA) is 54.4 Å². The quantitative estimate of drug-likeness (QED) is 0.797. The molecular weight excluding hydrogens is 300 g/mol. The van der Waals surface area contributed by atoms with Gasteiger partial charge in [-0.15, -0.1) is 0 Å². The smallest absolute Gasteiger partial charge is 0.156 e. The van der Waals surface area contributed by atoms with E-state index in [-0.39, 0.29) is 17.3 Å². The Kier molecular flexibility index (Phi) is 3.62. The maximum Gasteiger partial charge on any atom is 0.156 e. The van der Waals surface area contributed by atoms with Gasteiger partial charge in [0.1, 0.15) is 5.78 Å². The summed E-state index contributed by atoms with van der Waals surface area (Å²) in [5.41, 5.74) is 0.435. The monoisotopic (exact) mass is 330 g/mol. The predicted molar refractivity (Wildman–Crippen MR) is 92.3 cm³/mol. The van der Waals surface area contributed by atoms with Gasteiger partial charge >= 0.3 is 0 Å². The molecule has 3 unspecified atom stereocenters. The summed E-state index contributed by atoms with van der Waals surface area (Å²) in [6.07, 6.45) is 8.59. The molecule has 0 aliphatic heterocycles. The Morgan fingerprint density at radius 2 is 1.96 bits per heavy atom. The molecule has 3 saturated carbocycles. The van der Waals surface area contributed by atoms with Crippen molar-refractivity contribution in [1.29, 1.82) is 0 Å². The Hall–Kier alpha value is -0.960. The van der Waals surface area contributed by atoms with Crippen LogP contribution in [0.2, 0.25) is 0 Å². The fourth-order valence-electron chi connectivity index (χ4n) is 7.06. The van der Waals surface area contributed by atoms with E-state index < -0.39 is 5.41 Å². The molecule has 0 saturated heterocycles. The third-order valence-electron chi connectivity index (χ3n) is 8.48. The molecule has 132 valence electrons. The minimum Gasteiger partial charge on any atom is -0.393 e. The minimum atomic E-state index is -0.537. The lowest BCUT2D eigenvalue weighted by molar-refractivity contribution is -0.154. The number of carbonyl (C=O) groups excluding carboxylic acids is 2. The van der Waals surface area contributed by atoms with Crippen LogP contribution in [0.5, 0.6) is 0 Å². The molecule has 0 aromatic heterocycles. The zero-order valence-electron chi connectivity index (χ0n) is 15.2. The lowest BCUT2D eigenvalue weighted by Crippen LogP contribution is -2.56. The largest absolute Gasteiger partial charge is 0.393 e. The van der Waals surface area contributed by atoms with Crippen LogP contribution < -0.4 is 0 Å². The van der Waals surface area contributed by atoms with Crippen LogP contribution in [0.4, 0.5) is 0 Å². The van der Waals surface area contributed by atoms with E-state index in [0.717, 1.165) is 37.7 Å². The molecule has 3 nitrogen and oxygen atoms in total. The van der Waals surface area contributed by atoms with Crippen molar-refractivity contribution in [2.24, 2.45) is 34.5 Å². The zero-order valence-corrected chi connectivity index (χ0v) is 15.2. The number of hydrogen-bond donors (Lipinski definition) is 1. The maximum atomic E-state index is 13.2. The van der Waals surface area contributed by atoms with Gasteiger partial charge in [0, 0.05) is 12.0 Å². The predicted octanol–water partition coefficient (Wildman–Crippen LogP) is 3.69. The van der Waals surface area contributed by atoms with Crippen LogP contribution in [0.1, 0.15) is 65.7 Å². The molecule has 0 heterocycles. The van der Waals surface area contributed by atoms with Gasteiger partial charge in [-0.1, -0.05) is 13.0 Å². The van der Waals surface area contributed by atoms with Crippen molar-refractivity contribution in [2.75, 3.05) is 0 Å². The number of aliphatic hydroxyl groups excluding tert-OH is 1. The van der Waals surface area contributed by atoms with Crippen LogP contribution in [0.3, 0.4) is 0 Å². The Bertz CT molecular complexity index is 621. The second-order valence-corrected chi connectivity index (χ2v) is 9.32. The average Bonchev–Trinajstić information content (AvgIpc) is 2.88. The summed E-state index contributed by atoms with van der Waals surface area (Å²) < 4.78 is 0. The summed E-state index contributed by atoms with van der Waals surface area (Å²) >= 11 is 0. The third kappa shape index (κ3) is 2.00. The standard InChI is InChI=1S/C21H30O3/c1-12(22)16-6-7-17-15-5-4-13-10-14(23)8-9-20(13,2)18(15)11-19(24)21(16,17)3/h6,13-15,17-18,23H,4-5,7-11H2,1-3H3/t13-,14-,15?,17?,18?,20-,21+/m0/s1. The summed E-state index contributed by atoms with van der Waals surface area (Å²) in [6.45, 7) is 6.03. The molecule has 0 radical (unpaired) electrons. The molecule has 0 aromatic carbocycles. The molecule has 3 fully saturated rings. The molecule has 24 heavy (non-hydrogen) atoms. The Morgan fingerprint density at radius 1 is 1.21 bits per heavy atom. The number of allylic oxidation sites excluding steroid dienone is 2. The highest BCUT2D eigenvalue weighted by atomic mass is 16.3. The first-order chi connectivity index (χ1) is 11.3. The summed E-state index contributed by atoms with van der Waals surface area (Å²) in [6, 6.07) is 0. The van der Waals surface area contributed by atoms with E-state index in [1.807, 2.05) is 6.92 Å². The first-order valence-electron chi connectivity index (χ1n) is 9.71. The first kappa shape index (κ1) is 16.5. The van der Waals surface area contributed by atoms with Gasteiger partial charge in [-0.25, -0.2) is 0 Å². The molecule has 1 N–H and O–H groups in total. The molecule has 4 rings (SSSR count). The summed E-state index contributed by atoms with van der Waals surface area (Å²) in [7, 11) is 0. The van der Waals surface area contributed by atoms with Crippen LogP contribution in [0.15, 0.2) is 11.6 Å². The highest BCUT2D eigenvalue weighted by Gasteiger charge is 2.62. The van der Waals surface area contributed by atoms with E-state index in [4.69, 9.17) is 0 Å². The van der Waals surface area contributed by atoms with Gasteiger partial charge in [0.2, 0.25) is 0 Å². The van der Waals surface area contributed by atoms with Crippen LogP contribution in [0.25, 0.3) is 0 Å². The molecule has 4 aliphatic carbocycles. The normalized spacial score (nSPS) is 50.6. The van der Waals surface area contributed by atoms with Crippen molar-refractivity contribution >= 4 is 11.6 Å². The van der Waals surface area contributed by atoms with Crippen molar-refractivity contribution < 1.29 is 14.7 Å². The van der Waals surface area contributed by atoms with E-state index >= 15 is 0 Å². The van der Waals surface area contributed by atoms with Crippen molar-refractivity contribution in [2.45, 2.75) is 71.8 Å². The van der Waals surface area contributed by atoms with Gasteiger partial charge in [-0.05, 0) is 81.5 Å². The summed E-state index contributed by atoms with van der Waals surface area (Å²) in [5.74, 6) is 2.23. The lowest BCUT2D eigenvalue weighted by atomic mass is 9.44. The van der Waals surface area contributed by atoms with Crippen LogP contribution >= 0.6 is 0 Å². The Balaban J connectivity index is 1.69. The van der Waals surface area contributed by atoms with E-state index in [0.29, 0.717) is 35.9 Å². The zero-order chi connectivity index (χ0) is 17.3. The van der Waals surface area contributed by atoms with E-state index in [2.05, 4.69) is 13.0 Å². The SMILES string of the molecule is CC(=O)C1=CCC2C3CC[C@H]4C[C@@H](O)CC[C@]4(C)C3CC(=O)[C@]12C. The molecule has 0 aromatic rings. The first-order valence-corrected chi connectivity index (χ1v) is 9.71. The highest BCUT2D eigenvalue weighted by Crippen LogP contribution is 2.65. The number of hydrogen-bond acceptors (Lipinski definition) is 3. The van der Waals surface area contributed by atoms with Crippen LogP contribution in [-0.2, 0) is 9.59 Å². The number of aliphatic hydroxyl groups is 1. The van der Waals surface area contributed by atoms with Crippen LogP contribution in [0, 0.1) is 34.5 Å². The molecular formula is C21H30O3. The molecule has 7 atom stereocenters.